The summed E-state index contributed by atoms with van der Waals surface area (Å²) in [6.45, 7) is 1.89. The number of nitrogens with zero attached hydrogens (tertiary/aromatic N) is 7. The van der Waals surface area contributed by atoms with E-state index in [4.69, 9.17) is 21.1 Å². The summed E-state index contributed by atoms with van der Waals surface area (Å²) in [5.74, 6) is 0.740. The largest absolute Gasteiger partial charge is 0.382 e. The van der Waals surface area contributed by atoms with Crippen molar-refractivity contribution in [2.45, 2.75) is 36.7 Å². The molecule has 1 aliphatic carbocycles. The van der Waals surface area contributed by atoms with E-state index in [1.54, 1.807) is 16.4 Å². The van der Waals surface area contributed by atoms with Crippen LogP contribution in [0, 0.1) is 0 Å². The number of nitrogens with one attached hydrogen (secondary N) is 1. The van der Waals surface area contributed by atoms with Gasteiger partial charge in [-0.15, -0.1) is 10.2 Å². The van der Waals surface area contributed by atoms with E-state index in [1.807, 2.05) is 31.3 Å². The van der Waals surface area contributed by atoms with E-state index in [0.29, 0.717) is 23.1 Å². The van der Waals surface area contributed by atoms with Gasteiger partial charge in [0.2, 0.25) is 16.0 Å². The molecule has 14 heteroatoms. The highest BCUT2D eigenvalue weighted by atomic mass is 35.5. The molecule has 0 amide bonds. The van der Waals surface area contributed by atoms with Crippen molar-refractivity contribution in [3.05, 3.63) is 47.5 Å². The van der Waals surface area contributed by atoms with Gasteiger partial charge in [0, 0.05) is 39.0 Å². The average Bonchev–Trinajstić information content (AvgIpc) is 3.41. The Balaban J connectivity index is 1.56. The second kappa shape index (κ2) is 9.63. The maximum Gasteiger partial charge on any atom is 0.240 e. The number of methoxy groups -OCH3 is 2. The lowest BCUT2D eigenvalue weighted by Crippen LogP contribution is -2.35. The van der Waals surface area contributed by atoms with Gasteiger partial charge in [0.25, 0.3) is 0 Å². The minimum absolute atomic E-state index is 0.0815. The summed E-state index contributed by atoms with van der Waals surface area (Å²) in [4.78, 5) is 8.27. The molecule has 0 aliphatic heterocycles. The molecule has 2 atom stereocenters. The molecule has 1 aromatic carbocycles. The number of halogens is 1. The maximum absolute atomic E-state index is 13.6. The van der Waals surface area contributed by atoms with Crippen molar-refractivity contribution >= 4 is 38.5 Å². The molecular formula is C23H27ClN8O4S. The summed E-state index contributed by atoms with van der Waals surface area (Å²) in [6.07, 6.45) is 3.40. The Hall–Kier alpha value is -3.13. The normalized spacial score (nSPS) is 16.6. The van der Waals surface area contributed by atoms with Gasteiger partial charge >= 0.3 is 0 Å². The van der Waals surface area contributed by atoms with Crippen LogP contribution in [-0.2, 0) is 32.1 Å². The summed E-state index contributed by atoms with van der Waals surface area (Å²) in [5.41, 5.74) is 1.04. The van der Waals surface area contributed by atoms with Crippen LogP contribution < -0.4 is 4.72 Å². The van der Waals surface area contributed by atoms with Gasteiger partial charge in [0.05, 0.1) is 22.7 Å². The quantitative estimate of drug-likeness (QED) is 0.318. The second-order valence-corrected chi connectivity index (χ2v) is 11.6. The molecule has 1 aliphatic rings. The number of aromatic nitrogens is 7. The number of benzene rings is 1. The van der Waals surface area contributed by atoms with Crippen molar-refractivity contribution in [2.24, 2.45) is 7.05 Å². The molecule has 1 saturated carbocycles. The van der Waals surface area contributed by atoms with Gasteiger partial charge in [-0.3, -0.25) is 14.0 Å². The number of hydrogen-bond donors (Lipinski definition) is 1. The standard InChI is InChI=1S/C23H27ClN8O4S/c1-14(19(36-4)20-25-11-15(24)12-26-20)37(33,34)30-22-28-27-21(32(22)23(9-10-23)13-35-3)18-16-7-5-6-8-17(16)31(2)29-18/h5-8,11-12,14,19H,9-10,13H2,1-4H3,(H,28,30)/t14-,19-/m0/s1. The van der Waals surface area contributed by atoms with Crippen molar-refractivity contribution in [1.29, 1.82) is 0 Å². The lowest BCUT2D eigenvalue weighted by atomic mass is 10.2. The summed E-state index contributed by atoms with van der Waals surface area (Å²) in [7, 11) is 0.829. The summed E-state index contributed by atoms with van der Waals surface area (Å²) in [6, 6.07) is 7.77. The molecule has 0 radical (unpaired) electrons. The van der Waals surface area contributed by atoms with Crippen LogP contribution >= 0.6 is 11.6 Å². The Labute approximate surface area is 219 Å². The fourth-order valence-electron chi connectivity index (χ4n) is 4.54. The van der Waals surface area contributed by atoms with Crippen molar-refractivity contribution in [2.75, 3.05) is 25.5 Å². The zero-order chi connectivity index (χ0) is 26.4. The zero-order valence-electron chi connectivity index (χ0n) is 20.8. The van der Waals surface area contributed by atoms with Gasteiger partial charge < -0.3 is 9.47 Å². The lowest BCUT2D eigenvalue weighted by molar-refractivity contribution is 0.0950. The van der Waals surface area contributed by atoms with Gasteiger partial charge in [0.15, 0.2) is 11.6 Å². The SMILES string of the molecule is COCC1(n2c(NS(=O)(=O)[C@@H](C)[C@H](OC)c3ncc(Cl)cn3)nnc2-c2nn(C)c3ccccc23)CC1. The first kappa shape index (κ1) is 25.5. The number of fused-ring (bicyclic) bond motifs is 1. The van der Waals surface area contributed by atoms with E-state index >= 15 is 0 Å². The highest BCUT2D eigenvalue weighted by molar-refractivity contribution is 7.93. The minimum Gasteiger partial charge on any atom is -0.382 e. The van der Waals surface area contributed by atoms with E-state index in [2.05, 4.69) is 30.0 Å². The van der Waals surface area contributed by atoms with E-state index in [1.165, 1.54) is 26.4 Å². The lowest BCUT2D eigenvalue weighted by Gasteiger charge is -2.24. The Bertz CT molecular complexity index is 1530. The molecule has 4 aromatic rings. The average molecular weight is 547 g/mol. The number of ether oxygens (including phenoxy) is 2. The van der Waals surface area contributed by atoms with Crippen LogP contribution in [0.1, 0.15) is 31.7 Å². The van der Waals surface area contributed by atoms with Gasteiger partial charge in [0.1, 0.15) is 17.0 Å². The second-order valence-electron chi connectivity index (χ2n) is 9.10. The molecule has 0 spiro atoms. The molecule has 3 aromatic heterocycles. The maximum atomic E-state index is 13.6. The van der Waals surface area contributed by atoms with Crippen LogP contribution in [0.15, 0.2) is 36.7 Å². The van der Waals surface area contributed by atoms with Crippen LogP contribution in [0.5, 0.6) is 0 Å². The van der Waals surface area contributed by atoms with Gasteiger partial charge in [-0.1, -0.05) is 29.8 Å². The Morgan fingerprint density at radius 2 is 1.86 bits per heavy atom. The predicted octanol–water partition coefficient (Wildman–Crippen LogP) is 2.93. The van der Waals surface area contributed by atoms with E-state index < -0.39 is 26.9 Å². The zero-order valence-corrected chi connectivity index (χ0v) is 22.4. The van der Waals surface area contributed by atoms with Crippen LogP contribution in [0.2, 0.25) is 5.02 Å². The molecule has 12 nitrogen and oxygen atoms in total. The van der Waals surface area contributed by atoms with Crippen molar-refractivity contribution in [3.63, 3.8) is 0 Å². The molecular weight excluding hydrogens is 520 g/mol. The monoisotopic (exact) mass is 546 g/mol. The van der Waals surface area contributed by atoms with Crippen LogP contribution in [0.4, 0.5) is 5.95 Å². The molecule has 0 bridgehead atoms. The molecule has 37 heavy (non-hydrogen) atoms. The summed E-state index contributed by atoms with van der Waals surface area (Å²) < 4.78 is 44.3. The number of rotatable bonds is 10. The van der Waals surface area contributed by atoms with Crippen molar-refractivity contribution in [3.8, 4) is 11.5 Å². The fourth-order valence-corrected chi connectivity index (χ4v) is 5.76. The molecule has 196 valence electrons. The first-order valence-corrected chi connectivity index (χ1v) is 13.5. The predicted molar refractivity (Wildman–Crippen MR) is 138 cm³/mol. The number of anilines is 1. The van der Waals surface area contributed by atoms with E-state index in [0.717, 1.165) is 23.7 Å². The number of hydrogen-bond acceptors (Lipinski definition) is 9. The first-order chi connectivity index (χ1) is 17.7. The molecule has 1 fully saturated rings. The highest BCUT2D eigenvalue weighted by Crippen LogP contribution is 2.48. The van der Waals surface area contributed by atoms with Crippen LogP contribution in [-0.4, -0.2) is 69.0 Å². The Morgan fingerprint density at radius 1 is 1.16 bits per heavy atom. The summed E-state index contributed by atoms with van der Waals surface area (Å²) in [5, 5.41) is 13.5. The molecule has 3 heterocycles. The van der Waals surface area contributed by atoms with Gasteiger partial charge in [-0.05, 0) is 25.8 Å². The highest BCUT2D eigenvalue weighted by Gasteiger charge is 2.49. The topological polar surface area (TPSA) is 139 Å². The van der Waals surface area contributed by atoms with E-state index in [-0.39, 0.29) is 11.8 Å². The van der Waals surface area contributed by atoms with E-state index in [9.17, 15) is 8.42 Å². The third-order valence-corrected chi connectivity index (χ3v) is 8.53. The summed E-state index contributed by atoms with van der Waals surface area (Å²) >= 11 is 5.89. The van der Waals surface area contributed by atoms with Gasteiger partial charge in [-0.25, -0.2) is 18.4 Å². The third-order valence-electron chi connectivity index (χ3n) is 6.65. The molecule has 0 unspecified atom stereocenters. The number of para-hydroxylation sites is 1. The Morgan fingerprint density at radius 3 is 2.51 bits per heavy atom. The Kier molecular flexibility index (Phi) is 6.64. The minimum atomic E-state index is -4.04. The first-order valence-electron chi connectivity index (χ1n) is 11.6. The molecule has 5 rings (SSSR count). The van der Waals surface area contributed by atoms with Crippen molar-refractivity contribution in [1.82, 2.24) is 34.5 Å². The molecule has 0 saturated heterocycles. The fraction of sp³-hybridized carbons (Fsp3) is 0.435. The van der Waals surface area contributed by atoms with Gasteiger partial charge in [-0.2, -0.15) is 5.10 Å². The number of sulfonamides is 1. The smallest absolute Gasteiger partial charge is 0.240 e. The molecule has 1 N–H and O–H groups in total. The van der Waals surface area contributed by atoms with Crippen LogP contribution in [0.25, 0.3) is 22.4 Å². The third kappa shape index (κ3) is 4.56. The van der Waals surface area contributed by atoms with Crippen molar-refractivity contribution < 1.29 is 17.9 Å². The van der Waals surface area contributed by atoms with Crippen LogP contribution in [0.3, 0.4) is 0 Å². The number of aryl methyl sites for hydroxylation is 1.